The molecular formula is C24H32N4O. The first-order valence-corrected chi connectivity index (χ1v) is 11.2. The molecule has 0 saturated carbocycles. The van der Waals surface area contributed by atoms with E-state index < -0.39 is 0 Å². The molecule has 2 aromatic rings. The first-order valence-electron chi connectivity index (χ1n) is 11.2. The van der Waals surface area contributed by atoms with E-state index >= 15 is 0 Å². The van der Waals surface area contributed by atoms with Crippen LogP contribution in [0.1, 0.15) is 37.1 Å². The molecule has 4 atom stereocenters. The van der Waals surface area contributed by atoms with Crippen LogP contribution in [0.15, 0.2) is 42.7 Å². The highest BCUT2D eigenvalue weighted by atomic mass is 16.2. The second-order valence-corrected chi connectivity index (χ2v) is 9.30. The molecule has 5 heteroatoms. The summed E-state index contributed by atoms with van der Waals surface area (Å²) in [5, 5.41) is 0. The van der Waals surface area contributed by atoms with Crippen LogP contribution in [-0.4, -0.2) is 57.0 Å². The van der Waals surface area contributed by atoms with Gasteiger partial charge in [-0.1, -0.05) is 36.8 Å². The number of carbonyl (C=O) groups is 1. The van der Waals surface area contributed by atoms with Gasteiger partial charge >= 0.3 is 0 Å². The first kappa shape index (κ1) is 18.9. The molecule has 3 saturated heterocycles. The maximum Gasteiger partial charge on any atom is 0.242 e. The summed E-state index contributed by atoms with van der Waals surface area (Å²) in [6.45, 7) is 5.40. The molecule has 0 N–H and O–H groups in total. The van der Waals surface area contributed by atoms with E-state index in [9.17, 15) is 4.79 Å². The average Bonchev–Trinajstić information content (AvgIpc) is 3.13. The van der Waals surface area contributed by atoms with Crippen LogP contribution in [0.2, 0.25) is 0 Å². The predicted octanol–water partition coefficient (Wildman–Crippen LogP) is 3.14. The van der Waals surface area contributed by atoms with E-state index in [0.29, 0.717) is 30.5 Å². The number of hydrogen-bond acceptors (Lipinski definition) is 3. The van der Waals surface area contributed by atoms with Gasteiger partial charge in [-0.15, -0.1) is 0 Å². The van der Waals surface area contributed by atoms with E-state index in [1.54, 1.807) is 6.20 Å². The standard InChI is InChI=1S/C24H32N4O/c1-18-25-10-11-26(18)17-24(29)27-14-20-12-21(16-27)23-9-5-8-22(28(23)15-20)13-19-6-3-2-4-7-19/h2-4,6-7,10-11,20-23H,5,8-9,12-17H2,1H3/t20-,21+,22+,23-/m0/s1. The number of likely N-dealkylation sites (tertiary alicyclic amines) is 1. The molecule has 3 fully saturated rings. The molecule has 1 aromatic heterocycles. The molecule has 0 unspecified atom stereocenters. The second kappa shape index (κ2) is 7.94. The van der Waals surface area contributed by atoms with Crippen molar-refractivity contribution >= 4 is 5.91 Å². The lowest BCUT2D eigenvalue weighted by Gasteiger charge is -2.55. The summed E-state index contributed by atoms with van der Waals surface area (Å²) >= 11 is 0. The van der Waals surface area contributed by atoms with Crippen molar-refractivity contribution in [3.05, 3.63) is 54.1 Å². The predicted molar refractivity (Wildman–Crippen MR) is 113 cm³/mol. The summed E-state index contributed by atoms with van der Waals surface area (Å²) in [7, 11) is 0. The summed E-state index contributed by atoms with van der Waals surface area (Å²) in [5.74, 6) is 2.42. The Hall–Kier alpha value is -2.14. The zero-order valence-electron chi connectivity index (χ0n) is 17.4. The Morgan fingerprint density at radius 1 is 1.14 bits per heavy atom. The second-order valence-electron chi connectivity index (χ2n) is 9.30. The summed E-state index contributed by atoms with van der Waals surface area (Å²) in [6, 6.07) is 12.3. The molecule has 0 spiro atoms. The van der Waals surface area contributed by atoms with Crippen LogP contribution in [0, 0.1) is 18.8 Å². The SMILES string of the molecule is Cc1nccn1CC(=O)N1C[C@@H]2C[C@H](C1)[C@@H]1CCC[C@H](Cc3ccccc3)N1C2. The number of hydrogen-bond donors (Lipinski definition) is 0. The quantitative estimate of drug-likeness (QED) is 0.803. The smallest absolute Gasteiger partial charge is 0.242 e. The van der Waals surface area contributed by atoms with Gasteiger partial charge < -0.3 is 9.47 Å². The van der Waals surface area contributed by atoms with Gasteiger partial charge in [-0.3, -0.25) is 9.69 Å². The third kappa shape index (κ3) is 3.85. The average molecular weight is 393 g/mol. The Morgan fingerprint density at radius 3 is 2.79 bits per heavy atom. The van der Waals surface area contributed by atoms with Crippen LogP contribution in [0.4, 0.5) is 0 Å². The fourth-order valence-corrected chi connectivity index (χ4v) is 6.04. The van der Waals surface area contributed by atoms with E-state index in [1.807, 2.05) is 17.7 Å². The Balaban J connectivity index is 1.27. The molecule has 0 radical (unpaired) electrons. The number of nitrogens with zero attached hydrogens (tertiary/aromatic N) is 4. The van der Waals surface area contributed by atoms with E-state index in [0.717, 1.165) is 25.5 Å². The molecule has 4 heterocycles. The van der Waals surface area contributed by atoms with Crippen LogP contribution in [0.25, 0.3) is 0 Å². The van der Waals surface area contributed by atoms with Crippen LogP contribution in [0.5, 0.6) is 0 Å². The zero-order valence-corrected chi connectivity index (χ0v) is 17.4. The maximum atomic E-state index is 13.0. The number of rotatable bonds is 4. The highest BCUT2D eigenvalue weighted by Crippen LogP contribution is 2.40. The monoisotopic (exact) mass is 392 g/mol. The van der Waals surface area contributed by atoms with Crippen molar-refractivity contribution in [3.8, 4) is 0 Å². The van der Waals surface area contributed by atoms with Gasteiger partial charge in [0.25, 0.3) is 0 Å². The Bertz CT molecular complexity index is 848. The highest BCUT2D eigenvalue weighted by Gasteiger charge is 2.45. The molecule has 1 amide bonds. The van der Waals surface area contributed by atoms with Crippen molar-refractivity contribution in [2.75, 3.05) is 19.6 Å². The third-order valence-electron chi connectivity index (χ3n) is 7.41. The molecule has 29 heavy (non-hydrogen) atoms. The summed E-state index contributed by atoms with van der Waals surface area (Å²) in [4.78, 5) is 22.2. The minimum absolute atomic E-state index is 0.255. The van der Waals surface area contributed by atoms with Gasteiger partial charge in [-0.05, 0) is 50.0 Å². The summed E-state index contributed by atoms with van der Waals surface area (Å²) in [5.41, 5.74) is 1.46. The van der Waals surface area contributed by atoms with Crippen LogP contribution in [-0.2, 0) is 17.8 Å². The normalized spacial score (nSPS) is 29.5. The highest BCUT2D eigenvalue weighted by molar-refractivity contribution is 5.76. The number of imidazole rings is 1. The van der Waals surface area contributed by atoms with Crippen LogP contribution >= 0.6 is 0 Å². The molecular weight excluding hydrogens is 360 g/mol. The van der Waals surface area contributed by atoms with Gasteiger partial charge in [0.15, 0.2) is 0 Å². The van der Waals surface area contributed by atoms with Gasteiger partial charge in [-0.25, -0.2) is 4.98 Å². The maximum absolute atomic E-state index is 13.0. The molecule has 154 valence electrons. The van der Waals surface area contributed by atoms with E-state index in [-0.39, 0.29) is 5.91 Å². The molecule has 3 aliphatic heterocycles. The van der Waals surface area contributed by atoms with Crippen molar-refractivity contribution in [1.29, 1.82) is 0 Å². The minimum Gasteiger partial charge on any atom is -0.340 e. The van der Waals surface area contributed by atoms with Crippen molar-refractivity contribution in [2.24, 2.45) is 11.8 Å². The number of aryl methyl sites for hydroxylation is 1. The van der Waals surface area contributed by atoms with E-state index in [4.69, 9.17) is 0 Å². The Kier molecular flexibility index (Phi) is 5.17. The summed E-state index contributed by atoms with van der Waals surface area (Å²) < 4.78 is 1.97. The topological polar surface area (TPSA) is 41.4 Å². The number of benzene rings is 1. The van der Waals surface area contributed by atoms with E-state index in [2.05, 4.69) is 45.1 Å². The van der Waals surface area contributed by atoms with Gasteiger partial charge in [0.1, 0.15) is 12.4 Å². The van der Waals surface area contributed by atoms with Gasteiger partial charge in [0, 0.05) is 44.1 Å². The molecule has 2 bridgehead atoms. The van der Waals surface area contributed by atoms with Crippen molar-refractivity contribution < 1.29 is 4.79 Å². The number of aromatic nitrogens is 2. The lowest BCUT2D eigenvalue weighted by atomic mass is 9.74. The number of piperidine rings is 3. The Morgan fingerprint density at radius 2 is 2.00 bits per heavy atom. The van der Waals surface area contributed by atoms with Gasteiger partial charge in [-0.2, -0.15) is 0 Å². The van der Waals surface area contributed by atoms with Crippen molar-refractivity contribution in [1.82, 2.24) is 19.4 Å². The third-order valence-corrected chi connectivity index (χ3v) is 7.41. The zero-order chi connectivity index (χ0) is 19.8. The van der Waals surface area contributed by atoms with Gasteiger partial charge in [0.05, 0.1) is 0 Å². The van der Waals surface area contributed by atoms with Crippen LogP contribution < -0.4 is 0 Å². The molecule has 1 aromatic carbocycles. The molecule has 5 rings (SSSR count). The Labute approximate surface area is 173 Å². The van der Waals surface area contributed by atoms with Crippen molar-refractivity contribution in [2.45, 2.75) is 57.7 Å². The largest absolute Gasteiger partial charge is 0.340 e. The fraction of sp³-hybridized carbons (Fsp3) is 0.583. The van der Waals surface area contributed by atoms with Crippen LogP contribution in [0.3, 0.4) is 0 Å². The van der Waals surface area contributed by atoms with Gasteiger partial charge in [0.2, 0.25) is 5.91 Å². The van der Waals surface area contributed by atoms with E-state index in [1.165, 1.54) is 37.7 Å². The summed E-state index contributed by atoms with van der Waals surface area (Å²) in [6.07, 6.45) is 10.1. The minimum atomic E-state index is 0.255. The number of amides is 1. The first-order chi connectivity index (χ1) is 14.2. The lowest BCUT2D eigenvalue weighted by Crippen LogP contribution is -2.62. The number of carbonyl (C=O) groups excluding carboxylic acids is 1. The lowest BCUT2D eigenvalue weighted by molar-refractivity contribution is -0.139. The fourth-order valence-electron chi connectivity index (χ4n) is 6.04. The molecule has 5 nitrogen and oxygen atoms in total. The van der Waals surface area contributed by atoms with Crippen molar-refractivity contribution in [3.63, 3.8) is 0 Å². The number of fused-ring (bicyclic) bond motifs is 4. The molecule has 0 aliphatic carbocycles. The molecule has 3 aliphatic rings.